The zero-order chi connectivity index (χ0) is 23.8. The predicted octanol–water partition coefficient (Wildman–Crippen LogP) is 5.02. The van der Waals surface area contributed by atoms with E-state index in [9.17, 15) is 44.6 Å². The zero-order valence-corrected chi connectivity index (χ0v) is 17.6. The highest BCUT2D eigenvalue weighted by atomic mass is 127. The molecule has 1 aromatic heterocycles. The Morgan fingerprint density at radius 2 is 1.58 bits per heavy atom. The summed E-state index contributed by atoms with van der Waals surface area (Å²) in [6.07, 6.45) is -20.1. The van der Waals surface area contributed by atoms with E-state index in [2.05, 4.69) is 10.1 Å². The topological polar surface area (TPSA) is 58.0 Å². The van der Waals surface area contributed by atoms with Gasteiger partial charge in [-0.3, -0.25) is 0 Å². The van der Waals surface area contributed by atoms with E-state index in [0.717, 1.165) is 6.92 Å². The van der Waals surface area contributed by atoms with Crippen LogP contribution < -0.4 is 5.01 Å². The van der Waals surface area contributed by atoms with E-state index >= 15 is 0 Å². The van der Waals surface area contributed by atoms with E-state index < -0.39 is 53.9 Å². The second-order valence-corrected chi connectivity index (χ2v) is 7.57. The summed E-state index contributed by atoms with van der Waals surface area (Å²) >= 11 is 1.91. The highest BCUT2D eigenvalue weighted by molar-refractivity contribution is 14.1. The smallest absolute Gasteiger partial charge is 0.371 e. The number of pyridine rings is 1. The van der Waals surface area contributed by atoms with Gasteiger partial charge in [0.05, 0.1) is 11.6 Å². The Labute approximate surface area is 183 Å². The van der Waals surface area contributed by atoms with Gasteiger partial charge in [0.15, 0.2) is 12.3 Å². The fourth-order valence-electron chi connectivity index (χ4n) is 2.85. The van der Waals surface area contributed by atoms with Crippen molar-refractivity contribution in [1.29, 1.82) is 0 Å². The van der Waals surface area contributed by atoms with Crippen LogP contribution in [0.5, 0.6) is 0 Å². The molecule has 3 unspecified atom stereocenters. The minimum absolute atomic E-state index is 0.164. The maximum atomic E-state index is 13.5. The normalized spacial score (nSPS) is 21.4. The van der Waals surface area contributed by atoms with Crippen molar-refractivity contribution < 1.29 is 49.4 Å². The molecule has 0 radical (unpaired) electrons. The van der Waals surface area contributed by atoms with Crippen LogP contribution in [0.15, 0.2) is 17.2 Å². The van der Waals surface area contributed by atoms with Crippen LogP contribution in [0.4, 0.5) is 45.2 Å². The van der Waals surface area contributed by atoms with E-state index in [1.807, 2.05) is 22.6 Å². The summed E-state index contributed by atoms with van der Waals surface area (Å²) in [7, 11) is 0. The Morgan fingerprint density at radius 1 is 1.06 bits per heavy atom. The summed E-state index contributed by atoms with van der Waals surface area (Å²) in [5, 5.41) is 14.3. The molecule has 5 nitrogen and oxygen atoms in total. The van der Waals surface area contributed by atoms with Crippen LogP contribution in [-0.2, 0) is 17.1 Å². The predicted molar refractivity (Wildman–Crippen MR) is 98.6 cm³/mol. The summed E-state index contributed by atoms with van der Waals surface area (Å²) < 4.78 is 124. The number of aliphatic hydroxyl groups excluding tert-OH is 1. The van der Waals surface area contributed by atoms with Gasteiger partial charge in [0.25, 0.3) is 0 Å². The van der Waals surface area contributed by atoms with Crippen LogP contribution in [0.25, 0.3) is 0 Å². The summed E-state index contributed by atoms with van der Waals surface area (Å²) in [5.41, 5.74) is -5.17. The molecule has 1 aliphatic rings. The molecular weight excluding hydrogens is 564 g/mol. The number of hydrogen-bond acceptors (Lipinski definition) is 5. The van der Waals surface area contributed by atoms with Crippen molar-refractivity contribution in [2.45, 2.75) is 44.2 Å². The lowest BCUT2D eigenvalue weighted by Gasteiger charge is -2.30. The van der Waals surface area contributed by atoms with Crippen LogP contribution in [0.1, 0.15) is 24.7 Å². The quantitative estimate of drug-likeness (QED) is 0.223. The molecule has 0 saturated heterocycles. The minimum atomic E-state index is -5.28. The number of anilines is 1. The van der Waals surface area contributed by atoms with Crippen LogP contribution in [-0.4, -0.2) is 45.3 Å². The molecule has 0 amide bonds. The zero-order valence-electron chi connectivity index (χ0n) is 15.5. The monoisotopic (exact) mass is 579 g/mol. The van der Waals surface area contributed by atoms with Crippen LogP contribution >= 0.6 is 22.6 Å². The number of rotatable bonds is 6. The fraction of sp³-hybridized carbons (Fsp3) is 0.625. The van der Waals surface area contributed by atoms with Crippen molar-refractivity contribution in [3.8, 4) is 0 Å². The van der Waals surface area contributed by atoms with E-state index in [0.29, 0.717) is 4.43 Å². The average molecular weight is 579 g/mol. The van der Waals surface area contributed by atoms with Gasteiger partial charge in [-0.2, -0.15) is 44.6 Å². The Bertz CT molecular complexity index is 779. The molecule has 0 bridgehead atoms. The standard InChI is InChI=1S/C16H15F9IN3O2/c1-7-11(12(16(23,24)25)31-4-2-3-26)13(30)29(28-7)8-5-9(14(17,18)19)27-10(6-8)15(20,21)22/h5-6,11-13,30H,2-4H2,1H3. The number of nitrogens with zero attached hydrogens (tertiary/aromatic N) is 3. The number of alkyl halides is 10. The molecule has 1 N–H and O–H groups in total. The van der Waals surface area contributed by atoms with E-state index in [4.69, 9.17) is 4.74 Å². The molecule has 0 aromatic carbocycles. The first-order valence-electron chi connectivity index (χ1n) is 8.50. The molecule has 31 heavy (non-hydrogen) atoms. The Balaban J connectivity index is 2.47. The van der Waals surface area contributed by atoms with E-state index in [-0.39, 0.29) is 35.9 Å². The van der Waals surface area contributed by atoms with Gasteiger partial charge >= 0.3 is 18.5 Å². The summed E-state index contributed by atoms with van der Waals surface area (Å²) in [6.45, 7) is 0.736. The molecule has 176 valence electrons. The summed E-state index contributed by atoms with van der Waals surface area (Å²) in [6, 6.07) is 0.328. The number of halogens is 10. The van der Waals surface area contributed by atoms with Crippen molar-refractivity contribution in [2.24, 2.45) is 11.0 Å². The van der Waals surface area contributed by atoms with Gasteiger partial charge in [-0.25, -0.2) is 9.99 Å². The number of hydrogen-bond donors (Lipinski definition) is 1. The fourth-order valence-corrected chi connectivity index (χ4v) is 3.17. The first kappa shape index (κ1) is 25.9. The molecular formula is C16H15F9IN3O2. The molecule has 2 heterocycles. The molecule has 0 spiro atoms. The van der Waals surface area contributed by atoms with Gasteiger partial charge in [-0.15, -0.1) is 0 Å². The third-order valence-electron chi connectivity index (χ3n) is 4.20. The number of hydrazone groups is 1. The minimum Gasteiger partial charge on any atom is -0.371 e. The van der Waals surface area contributed by atoms with Crippen LogP contribution in [0, 0.1) is 5.92 Å². The molecule has 1 aliphatic heterocycles. The SMILES string of the molecule is CC1=NN(c2cc(C(F)(F)F)nc(C(F)(F)F)c2)C(O)C1C(OCCCI)C(F)(F)F. The maximum absolute atomic E-state index is 13.5. The molecule has 15 heteroatoms. The molecule has 1 aromatic rings. The van der Waals surface area contributed by atoms with Crippen molar-refractivity contribution in [3.63, 3.8) is 0 Å². The molecule has 0 saturated carbocycles. The number of ether oxygens (including phenoxy) is 1. The van der Waals surface area contributed by atoms with Gasteiger partial charge in [0.2, 0.25) is 0 Å². The van der Waals surface area contributed by atoms with Crippen LogP contribution in [0.3, 0.4) is 0 Å². The second kappa shape index (κ2) is 9.25. The van der Waals surface area contributed by atoms with E-state index in [1.54, 1.807) is 0 Å². The lowest BCUT2D eigenvalue weighted by molar-refractivity contribution is -0.235. The Kier molecular flexibility index (Phi) is 7.73. The summed E-state index contributed by atoms with van der Waals surface area (Å²) in [4.78, 5) is 2.52. The molecule has 3 atom stereocenters. The largest absolute Gasteiger partial charge is 0.433 e. The average Bonchev–Trinajstić information content (AvgIpc) is 2.90. The first-order chi connectivity index (χ1) is 14.1. The van der Waals surface area contributed by atoms with Gasteiger partial charge in [0.1, 0.15) is 11.4 Å². The molecule has 2 rings (SSSR count). The number of aliphatic hydroxyl groups is 1. The Hall–Kier alpha value is -1.36. The number of aromatic nitrogens is 1. The van der Waals surface area contributed by atoms with Crippen LogP contribution in [0.2, 0.25) is 0 Å². The van der Waals surface area contributed by atoms with Gasteiger partial charge < -0.3 is 9.84 Å². The second-order valence-electron chi connectivity index (χ2n) is 6.49. The lowest BCUT2D eigenvalue weighted by Crippen LogP contribution is -2.48. The summed E-state index contributed by atoms with van der Waals surface area (Å²) in [5.74, 6) is -1.87. The third-order valence-corrected chi connectivity index (χ3v) is 4.96. The lowest BCUT2D eigenvalue weighted by atomic mass is 9.95. The molecule has 0 fully saturated rings. The van der Waals surface area contributed by atoms with Crippen molar-refractivity contribution >= 4 is 34.0 Å². The van der Waals surface area contributed by atoms with Crippen molar-refractivity contribution in [3.05, 3.63) is 23.5 Å². The van der Waals surface area contributed by atoms with Gasteiger partial charge in [-0.1, -0.05) is 22.6 Å². The van der Waals surface area contributed by atoms with E-state index in [1.165, 1.54) is 0 Å². The van der Waals surface area contributed by atoms with Gasteiger partial charge in [0, 0.05) is 16.7 Å². The highest BCUT2D eigenvalue weighted by Gasteiger charge is 2.53. The van der Waals surface area contributed by atoms with Crippen molar-refractivity contribution in [2.75, 3.05) is 16.0 Å². The maximum Gasteiger partial charge on any atom is 0.433 e. The van der Waals surface area contributed by atoms with Gasteiger partial charge in [-0.05, 0) is 25.5 Å². The Morgan fingerprint density at radius 3 is 2.00 bits per heavy atom. The molecule has 0 aliphatic carbocycles. The third kappa shape index (κ3) is 6.12. The van der Waals surface area contributed by atoms with Crippen molar-refractivity contribution in [1.82, 2.24) is 4.98 Å². The first-order valence-corrected chi connectivity index (χ1v) is 10.0. The highest BCUT2D eigenvalue weighted by Crippen LogP contribution is 2.40.